The zero-order valence-corrected chi connectivity index (χ0v) is 12.9. The highest BCUT2D eigenvalue weighted by Gasteiger charge is 2.08. The van der Waals surface area contributed by atoms with Crippen LogP contribution in [0.5, 0.6) is 5.75 Å². The first-order valence-corrected chi connectivity index (χ1v) is 7.50. The summed E-state index contributed by atoms with van der Waals surface area (Å²) in [6.45, 7) is 1.98. The van der Waals surface area contributed by atoms with Gasteiger partial charge in [-0.1, -0.05) is 12.1 Å². The van der Waals surface area contributed by atoms with Gasteiger partial charge >= 0.3 is 0 Å². The van der Waals surface area contributed by atoms with E-state index in [0.29, 0.717) is 17.2 Å². The topological polar surface area (TPSA) is 64.3 Å². The Balaban J connectivity index is 1.96. The summed E-state index contributed by atoms with van der Waals surface area (Å²) in [7, 11) is 1.58. The molecule has 0 atom stereocenters. The van der Waals surface area contributed by atoms with E-state index in [1.54, 1.807) is 7.11 Å². The van der Waals surface area contributed by atoms with Gasteiger partial charge in [0.15, 0.2) is 0 Å². The van der Waals surface area contributed by atoms with Crippen LogP contribution in [-0.2, 0) is 4.79 Å². The number of carbonyl (C=O) groups is 1. The average molecular weight is 302 g/mol. The standard InChI is InChI=1S/C16H18N2O2S/c1-11-9-12(17)7-8-15(11)21-10-16(19)18-13-5-3-4-6-14(13)20-2/h3-9H,10,17H2,1-2H3,(H,18,19). The van der Waals surface area contributed by atoms with Gasteiger partial charge in [0.1, 0.15) is 5.75 Å². The maximum Gasteiger partial charge on any atom is 0.234 e. The summed E-state index contributed by atoms with van der Waals surface area (Å²) < 4.78 is 5.21. The number of amides is 1. The van der Waals surface area contributed by atoms with Crippen LogP contribution in [0.2, 0.25) is 0 Å². The van der Waals surface area contributed by atoms with Crippen LogP contribution in [0, 0.1) is 6.92 Å². The second-order valence-electron chi connectivity index (χ2n) is 4.56. The highest BCUT2D eigenvalue weighted by Crippen LogP contribution is 2.26. The Kier molecular flexibility index (Phi) is 5.11. The zero-order chi connectivity index (χ0) is 15.2. The predicted molar refractivity (Wildman–Crippen MR) is 87.9 cm³/mol. The Bertz CT molecular complexity index is 644. The van der Waals surface area contributed by atoms with Crippen molar-refractivity contribution in [2.45, 2.75) is 11.8 Å². The van der Waals surface area contributed by atoms with E-state index < -0.39 is 0 Å². The van der Waals surface area contributed by atoms with Gasteiger partial charge in [-0.25, -0.2) is 0 Å². The minimum atomic E-state index is -0.0688. The van der Waals surface area contributed by atoms with E-state index in [1.807, 2.05) is 49.4 Å². The number of methoxy groups -OCH3 is 1. The maximum atomic E-state index is 12.0. The van der Waals surface area contributed by atoms with Crippen LogP contribution in [-0.4, -0.2) is 18.8 Å². The fraction of sp³-hybridized carbons (Fsp3) is 0.188. The largest absolute Gasteiger partial charge is 0.495 e. The van der Waals surface area contributed by atoms with Crippen molar-refractivity contribution in [3.05, 3.63) is 48.0 Å². The van der Waals surface area contributed by atoms with E-state index in [1.165, 1.54) is 11.8 Å². The van der Waals surface area contributed by atoms with E-state index in [9.17, 15) is 4.79 Å². The molecule has 0 aliphatic rings. The van der Waals surface area contributed by atoms with Crippen molar-refractivity contribution in [1.82, 2.24) is 0 Å². The molecule has 5 heteroatoms. The number of nitrogen functional groups attached to an aromatic ring is 1. The molecule has 1 amide bonds. The molecule has 2 aromatic rings. The molecule has 21 heavy (non-hydrogen) atoms. The smallest absolute Gasteiger partial charge is 0.234 e. The number of carbonyl (C=O) groups excluding carboxylic acids is 1. The molecule has 0 fully saturated rings. The average Bonchev–Trinajstić information content (AvgIpc) is 2.47. The second kappa shape index (κ2) is 7.04. The molecular weight excluding hydrogens is 284 g/mol. The number of anilines is 2. The van der Waals surface area contributed by atoms with Crippen LogP contribution in [0.4, 0.5) is 11.4 Å². The third-order valence-electron chi connectivity index (χ3n) is 2.94. The number of benzene rings is 2. The monoisotopic (exact) mass is 302 g/mol. The molecule has 3 N–H and O–H groups in total. The van der Waals surface area contributed by atoms with E-state index in [2.05, 4.69) is 5.32 Å². The van der Waals surface area contributed by atoms with Gasteiger partial charge in [-0.15, -0.1) is 11.8 Å². The molecule has 0 heterocycles. The van der Waals surface area contributed by atoms with Gasteiger partial charge in [0.25, 0.3) is 0 Å². The molecule has 0 aliphatic heterocycles. The molecule has 0 saturated carbocycles. The number of nitrogens with two attached hydrogens (primary N) is 1. The molecule has 2 aromatic carbocycles. The van der Waals surface area contributed by atoms with Gasteiger partial charge < -0.3 is 15.8 Å². The van der Waals surface area contributed by atoms with Crippen LogP contribution in [0.3, 0.4) is 0 Å². The number of hydrogen-bond acceptors (Lipinski definition) is 4. The highest BCUT2D eigenvalue weighted by molar-refractivity contribution is 8.00. The Labute approximate surface area is 128 Å². The summed E-state index contributed by atoms with van der Waals surface area (Å²) in [5, 5.41) is 2.85. The lowest BCUT2D eigenvalue weighted by atomic mass is 10.2. The minimum Gasteiger partial charge on any atom is -0.495 e. The second-order valence-corrected chi connectivity index (χ2v) is 5.58. The van der Waals surface area contributed by atoms with Gasteiger partial charge in [0.2, 0.25) is 5.91 Å². The van der Waals surface area contributed by atoms with E-state index in [4.69, 9.17) is 10.5 Å². The number of aryl methyl sites for hydroxylation is 1. The summed E-state index contributed by atoms with van der Waals surface area (Å²) in [5.74, 6) is 0.920. The van der Waals surface area contributed by atoms with Crippen LogP contribution < -0.4 is 15.8 Å². The molecule has 0 bridgehead atoms. The van der Waals surface area contributed by atoms with Crippen molar-refractivity contribution in [2.24, 2.45) is 0 Å². The summed E-state index contributed by atoms with van der Waals surface area (Å²) in [5.41, 5.74) is 8.20. The van der Waals surface area contributed by atoms with E-state index in [-0.39, 0.29) is 5.91 Å². The van der Waals surface area contributed by atoms with Gasteiger partial charge in [-0.2, -0.15) is 0 Å². The molecule has 4 nitrogen and oxygen atoms in total. The van der Waals surface area contributed by atoms with Gasteiger partial charge in [-0.05, 0) is 42.8 Å². The van der Waals surface area contributed by atoms with E-state index >= 15 is 0 Å². The third-order valence-corrected chi connectivity index (χ3v) is 4.11. The first-order valence-electron chi connectivity index (χ1n) is 6.52. The first kappa shape index (κ1) is 15.3. The number of nitrogens with one attached hydrogen (secondary N) is 1. The lowest BCUT2D eigenvalue weighted by Gasteiger charge is -2.10. The quantitative estimate of drug-likeness (QED) is 0.657. The first-order chi connectivity index (χ1) is 10.1. The van der Waals surface area contributed by atoms with E-state index in [0.717, 1.165) is 16.1 Å². The van der Waals surface area contributed by atoms with Crippen molar-refractivity contribution in [1.29, 1.82) is 0 Å². The molecule has 2 rings (SSSR count). The Morgan fingerprint density at radius 1 is 1.29 bits per heavy atom. The molecule has 0 unspecified atom stereocenters. The third kappa shape index (κ3) is 4.16. The van der Waals surface area contributed by atoms with Crippen molar-refractivity contribution in [2.75, 3.05) is 23.9 Å². The van der Waals surface area contributed by atoms with Crippen LogP contribution in [0.15, 0.2) is 47.4 Å². The number of rotatable bonds is 5. The summed E-state index contributed by atoms with van der Waals surface area (Å²) in [4.78, 5) is 13.1. The van der Waals surface area contributed by atoms with Gasteiger partial charge in [-0.3, -0.25) is 4.79 Å². The highest BCUT2D eigenvalue weighted by atomic mass is 32.2. The molecular formula is C16H18N2O2S. The Morgan fingerprint density at radius 2 is 2.05 bits per heavy atom. The number of hydrogen-bond donors (Lipinski definition) is 2. The van der Waals surface area contributed by atoms with Crippen molar-refractivity contribution >= 4 is 29.0 Å². The summed E-state index contributed by atoms with van der Waals surface area (Å²) in [6, 6.07) is 13.0. The van der Waals surface area contributed by atoms with Crippen LogP contribution >= 0.6 is 11.8 Å². The fourth-order valence-corrected chi connectivity index (χ4v) is 2.72. The number of ether oxygens (including phenoxy) is 1. The molecule has 0 spiro atoms. The Hall–Kier alpha value is -2.14. The number of thioether (sulfide) groups is 1. The minimum absolute atomic E-state index is 0.0688. The lowest BCUT2D eigenvalue weighted by Crippen LogP contribution is -2.14. The number of para-hydroxylation sites is 2. The SMILES string of the molecule is COc1ccccc1NC(=O)CSc1ccc(N)cc1C. The summed E-state index contributed by atoms with van der Waals surface area (Å²) >= 11 is 1.49. The van der Waals surface area contributed by atoms with Gasteiger partial charge in [0.05, 0.1) is 18.6 Å². The molecule has 110 valence electrons. The van der Waals surface area contributed by atoms with Crippen LogP contribution in [0.25, 0.3) is 0 Å². The normalized spacial score (nSPS) is 10.2. The molecule has 0 saturated heterocycles. The maximum absolute atomic E-state index is 12.0. The predicted octanol–water partition coefficient (Wildman–Crippen LogP) is 3.32. The van der Waals surface area contributed by atoms with Crippen molar-refractivity contribution in [3.63, 3.8) is 0 Å². The lowest BCUT2D eigenvalue weighted by molar-refractivity contribution is -0.113. The summed E-state index contributed by atoms with van der Waals surface area (Å²) in [6.07, 6.45) is 0. The molecule has 0 aliphatic carbocycles. The zero-order valence-electron chi connectivity index (χ0n) is 12.1. The van der Waals surface area contributed by atoms with Crippen molar-refractivity contribution in [3.8, 4) is 5.75 Å². The molecule has 0 aromatic heterocycles. The van der Waals surface area contributed by atoms with Gasteiger partial charge in [0, 0.05) is 10.6 Å². The molecule has 0 radical (unpaired) electrons. The fourth-order valence-electron chi connectivity index (χ4n) is 1.91. The van der Waals surface area contributed by atoms with Crippen LogP contribution in [0.1, 0.15) is 5.56 Å². The van der Waals surface area contributed by atoms with Crippen molar-refractivity contribution < 1.29 is 9.53 Å². The Morgan fingerprint density at radius 3 is 2.76 bits per heavy atom.